The van der Waals surface area contributed by atoms with Gasteiger partial charge in [0.25, 0.3) is 0 Å². The fourth-order valence-electron chi connectivity index (χ4n) is 2.94. The average molecular weight is 310 g/mol. The van der Waals surface area contributed by atoms with Gasteiger partial charge in [0.1, 0.15) is 5.76 Å². The van der Waals surface area contributed by atoms with Crippen molar-refractivity contribution >= 4 is 12.0 Å². The van der Waals surface area contributed by atoms with Crippen molar-refractivity contribution < 1.29 is 9.21 Å². The number of amides is 1. The van der Waals surface area contributed by atoms with Crippen molar-refractivity contribution in [2.24, 2.45) is 0 Å². The van der Waals surface area contributed by atoms with E-state index in [4.69, 9.17) is 4.42 Å². The summed E-state index contributed by atoms with van der Waals surface area (Å²) in [4.78, 5) is 14.4. The van der Waals surface area contributed by atoms with Gasteiger partial charge in [-0.25, -0.2) is 0 Å². The van der Waals surface area contributed by atoms with Gasteiger partial charge >= 0.3 is 0 Å². The molecule has 1 aromatic heterocycles. The van der Waals surface area contributed by atoms with Crippen LogP contribution in [0.1, 0.15) is 30.2 Å². The molecule has 4 heteroatoms. The molecule has 2 heterocycles. The first-order valence-electron chi connectivity index (χ1n) is 8.11. The minimum atomic E-state index is -0.0791. The number of hydrogen-bond donors (Lipinski definition) is 1. The Morgan fingerprint density at radius 3 is 2.65 bits per heavy atom. The van der Waals surface area contributed by atoms with Crippen LogP contribution in [0.3, 0.4) is 0 Å². The highest BCUT2D eigenvalue weighted by Crippen LogP contribution is 2.24. The SMILES string of the molecule is O=C(/C=C/c1ccccc1)NC[C@H](c1ccco1)N1CCCC1. The summed E-state index contributed by atoms with van der Waals surface area (Å²) < 4.78 is 5.56. The van der Waals surface area contributed by atoms with Crippen LogP contribution in [0.25, 0.3) is 6.08 Å². The molecule has 0 spiro atoms. The lowest BCUT2D eigenvalue weighted by Crippen LogP contribution is -2.36. The van der Waals surface area contributed by atoms with Gasteiger partial charge in [-0.1, -0.05) is 30.3 Å². The summed E-state index contributed by atoms with van der Waals surface area (Å²) in [6, 6.07) is 13.8. The summed E-state index contributed by atoms with van der Waals surface area (Å²) in [5, 5.41) is 2.99. The highest BCUT2D eigenvalue weighted by Gasteiger charge is 2.25. The molecule has 0 unspecified atom stereocenters. The summed E-state index contributed by atoms with van der Waals surface area (Å²) in [6.07, 6.45) is 7.51. The monoisotopic (exact) mass is 310 g/mol. The Balaban J connectivity index is 1.58. The van der Waals surface area contributed by atoms with E-state index in [2.05, 4.69) is 10.2 Å². The van der Waals surface area contributed by atoms with Crippen LogP contribution < -0.4 is 5.32 Å². The third-order valence-corrected chi connectivity index (χ3v) is 4.15. The van der Waals surface area contributed by atoms with Crippen molar-refractivity contribution in [2.45, 2.75) is 18.9 Å². The van der Waals surface area contributed by atoms with Crippen LogP contribution in [0, 0.1) is 0 Å². The van der Waals surface area contributed by atoms with E-state index in [0.717, 1.165) is 24.4 Å². The molecule has 120 valence electrons. The van der Waals surface area contributed by atoms with Gasteiger partial charge in [0.05, 0.1) is 12.3 Å². The number of benzene rings is 1. The number of nitrogens with one attached hydrogen (secondary N) is 1. The molecule has 0 aliphatic carbocycles. The first kappa shape index (κ1) is 15.6. The summed E-state index contributed by atoms with van der Waals surface area (Å²) >= 11 is 0. The van der Waals surface area contributed by atoms with Crippen LogP contribution in [0.5, 0.6) is 0 Å². The summed E-state index contributed by atoms with van der Waals surface area (Å²) in [6.45, 7) is 2.67. The molecule has 1 saturated heterocycles. The van der Waals surface area contributed by atoms with Crippen molar-refractivity contribution in [3.8, 4) is 0 Å². The molecule has 1 aromatic carbocycles. The average Bonchev–Trinajstić information content (AvgIpc) is 3.28. The van der Waals surface area contributed by atoms with E-state index in [-0.39, 0.29) is 11.9 Å². The van der Waals surface area contributed by atoms with Crippen LogP contribution in [0.4, 0.5) is 0 Å². The number of nitrogens with zero attached hydrogens (tertiary/aromatic N) is 1. The second kappa shape index (κ2) is 7.79. The molecule has 0 saturated carbocycles. The van der Waals surface area contributed by atoms with Gasteiger partial charge in [-0.3, -0.25) is 9.69 Å². The topological polar surface area (TPSA) is 45.5 Å². The molecule has 0 bridgehead atoms. The molecule has 1 amide bonds. The van der Waals surface area contributed by atoms with E-state index in [1.807, 2.05) is 48.5 Å². The van der Waals surface area contributed by atoms with Crippen LogP contribution in [-0.2, 0) is 4.79 Å². The fourth-order valence-corrected chi connectivity index (χ4v) is 2.94. The third kappa shape index (κ3) is 4.33. The number of rotatable bonds is 6. The molecule has 0 radical (unpaired) electrons. The van der Waals surface area contributed by atoms with Crippen molar-refractivity contribution in [2.75, 3.05) is 19.6 Å². The van der Waals surface area contributed by atoms with Crippen molar-refractivity contribution in [1.82, 2.24) is 10.2 Å². The summed E-state index contributed by atoms with van der Waals surface area (Å²) in [5.74, 6) is 0.837. The number of hydrogen-bond acceptors (Lipinski definition) is 3. The molecule has 1 aliphatic heterocycles. The Morgan fingerprint density at radius 1 is 1.17 bits per heavy atom. The number of furan rings is 1. The lowest BCUT2D eigenvalue weighted by molar-refractivity contribution is -0.116. The predicted molar refractivity (Wildman–Crippen MR) is 90.7 cm³/mol. The van der Waals surface area contributed by atoms with Gasteiger partial charge in [-0.2, -0.15) is 0 Å². The molecular weight excluding hydrogens is 288 g/mol. The van der Waals surface area contributed by atoms with E-state index in [9.17, 15) is 4.79 Å². The van der Waals surface area contributed by atoms with E-state index >= 15 is 0 Å². The van der Waals surface area contributed by atoms with E-state index in [1.54, 1.807) is 12.3 Å². The Kier molecular flexibility index (Phi) is 5.27. The zero-order valence-corrected chi connectivity index (χ0v) is 13.2. The summed E-state index contributed by atoms with van der Waals surface area (Å²) in [5.41, 5.74) is 1.02. The molecular formula is C19H22N2O2. The largest absolute Gasteiger partial charge is 0.468 e. The van der Waals surface area contributed by atoms with Crippen LogP contribution >= 0.6 is 0 Å². The summed E-state index contributed by atoms with van der Waals surface area (Å²) in [7, 11) is 0. The van der Waals surface area contributed by atoms with Gasteiger partial charge in [0, 0.05) is 12.6 Å². The van der Waals surface area contributed by atoms with E-state index in [1.165, 1.54) is 12.8 Å². The Morgan fingerprint density at radius 2 is 1.96 bits per heavy atom. The quantitative estimate of drug-likeness (QED) is 0.833. The van der Waals surface area contributed by atoms with Crippen LogP contribution in [0.2, 0.25) is 0 Å². The van der Waals surface area contributed by atoms with E-state index < -0.39 is 0 Å². The second-order valence-corrected chi connectivity index (χ2v) is 5.76. The van der Waals surface area contributed by atoms with Crippen LogP contribution in [0.15, 0.2) is 59.2 Å². The first-order valence-corrected chi connectivity index (χ1v) is 8.11. The third-order valence-electron chi connectivity index (χ3n) is 4.15. The first-order chi connectivity index (χ1) is 11.3. The molecule has 23 heavy (non-hydrogen) atoms. The molecule has 1 fully saturated rings. The zero-order chi connectivity index (χ0) is 15.9. The minimum Gasteiger partial charge on any atom is -0.468 e. The maximum Gasteiger partial charge on any atom is 0.244 e. The second-order valence-electron chi connectivity index (χ2n) is 5.76. The zero-order valence-electron chi connectivity index (χ0n) is 13.2. The number of carbonyl (C=O) groups is 1. The highest BCUT2D eigenvalue weighted by molar-refractivity contribution is 5.91. The lowest BCUT2D eigenvalue weighted by Gasteiger charge is -2.25. The van der Waals surface area contributed by atoms with Gasteiger partial charge in [0.2, 0.25) is 5.91 Å². The Bertz CT molecular complexity index is 629. The Hall–Kier alpha value is -2.33. The standard InChI is InChI=1S/C19H22N2O2/c22-19(11-10-16-7-2-1-3-8-16)20-15-17(18-9-6-14-23-18)21-12-4-5-13-21/h1-3,6-11,14,17H,4-5,12-13,15H2,(H,20,22)/b11-10+/t17-/m1/s1. The number of carbonyl (C=O) groups excluding carboxylic acids is 1. The van der Waals surface area contributed by atoms with Crippen molar-refractivity contribution in [3.05, 3.63) is 66.1 Å². The van der Waals surface area contributed by atoms with Crippen LogP contribution in [-0.4, -0.2) is 30.4 Å². The Labute approximate surface area is 136 Å². The number of likely N-dealkylation sites (tertiary alicyclic amines) is 1. The highest BCUT2D eigenvalue weighted by atomic mass is 16.3. The molecule has 3 rings (SSSR count). The lowest BCUT2D eigenvalue weighted by atomic mass is 10.2. The maximum atomic E-state index is 12.1. The van der Waals surface area contributed by atoms with Gasteiger partial charge in [-0.05, 0) is 49.7 Å². The van der Waals surface area contributed by atoms with E-state index in [0.29, 0.717) is 6.54 Å². The van der Waals surface area contributed by atoms with Gasteiger partial charge < -0.3 is 9.73 Å². The van der Waals surface area contributed by atoms with Gasteiger partial charge in [0.15, 0.2) is 0 Å². The van der Waals surface area contributed by atoms with Gasteiger partial charge in [-0.15, -0.1) is 0 Å². The molecule has 4 nitrogen and oxygen atoms in total. The fraction of sp³-hybridized carbons (Fsp3) is 0.316. The predicted octanol–water partition coefficient (Wildman–Crippen LogP) is 3.25. The molecule has 1 N–H and O–H groups in total. The molecule has 1 atom stereocenters. The normalized spacial score (nSPS) is 16.7. The van der Waals surface area contributed by atoms with Crippen molar-refractivity contribution in [1.29, 1.82) is 0 Å². The molecule has 2 aromatic rings. The maximum absolute atomic E-state index is 12.1. The molecule has 1 aliphatic rings. The smallest absolute Gasteiger partial charge is 0.244 e. The van der Waals surface area contributed by atoms with Crippen molar-refractivity contribution in [3.63, 3.8) is 0 Å². The minimum absolute atomic E-state index is 0.0791.